The molecule has 2 aromatic rings. The van der Waals surface area contributed by atoms with Crippen molar-refractivity contribution in [1.29, 1.82) is 0 Å². The first-order valence-corrected chi connectivity index (χ1v) is 4.93. The normalized spacial score (nSPS) is 10.5. The van der Waals surface area contributed by atoms with Crippen LogP contribution in [0.1, 0.15) is 10.4 Å². The van der Waals surface area contributed by atoms with Crippen LogP contribution in [-0.2, 0) is 4.74 Å². The van der Waals surface area contributed by atoms with Crippen molar-refractivity contribution >= 4 is 33.2 Å². The van der Waals surface area contributed by atoms with Gasteiger partial charge in [-0.05, 0) is 22.0 Å². The predicted octanol–water partition coefficient (Wildman–Crippen LogP) is 1.47. The number of carbonyl (C=O) groups is 1. The van der Waals surface area contributed by atoms with Crippen molar-refractivity contribution in [2.75, 3.05) is 12.8 Å². The van der Waals surface area contributed by atoms with Crippen LogP contribution in [0.25, 0.3) is 5.65 Å². The number of halogens is 1. The molecule has 6 heteroatoms. The van der Waals surface area contributed by atoms with Gasteiger partial charge in [-0.15, -0.1) is 0 Å². The zero-order valence-corrected chi connectivity index (χ0v) is 9.48. The largest absolute Gasteiger partial charge is 0.465 e. The number of nitrogens with two attached hydrogens (primary N) is 1. The van der Waals surface area contributed by atoms with E-state index in [4.69, 9.17) is 5.73 Å². The van der Waals surface area contributed by atoms with Crippen molar-refractivity contribution in [3.05, 3.63) is 28.6 Å². The highest BCUT2D eigenvalue weighted by Gasteiger charge is 2.11. The first-order valence-electron chi connectivity index (χ1n) is 4.14. The van der Waals surface area contributed by atoms with Gasteiger partial charge in [-0.25, -0.2) is 9.78 Å². The van der Waals surface area contributed by atoms with Gasteiger partial charge in [0, 0.05) is 6.20 Å². The molecule has 15 heavy (non-hydrogen) atoms. The number of hydrogen-bond donors (Lipinski definition) is 1. The van der Waals surface area contributed by atoms with E-state index < -0.39 is 5.97 Å². The number of imidazole rings is 1. The minimum Gasteiger partial charge on any atom is -0.465 e. The number of rotatable bonds is 1. The molecule has 0 radical (unpaired) electrons. The molecule has 5 nitrogen and oxygen atoms in total. The molecular weight excluding hydrogens is 262 g/mol. The number of hydrogen-bond acceptors (Lipinski definition) is 4. The summed E-state index contributed by atoms with van der Waals surface area (Å²) in [5, 5.41) is 0. The molecule has 0 aliphatic heterocycles. The number of pyridine rings is 1. The number of carbonyl (C=O) groups excluding carboxylic acids is 1. The van der Waals surface area contributed by atoms with Gasteiger partial charge >= 0.3 is 5.97 Å². The summed E-state index contributed by atoms with van der Waals surface area (Å²) in [6.45, 7) is 0. The number of aromatic nitrogens is 2. The van der Waals surface area contributed by atoms with Crippen LogP contribution in [-0.4, -0.2) is 22.5 Å². The second kappa shape index (κ2) is 3.54. The molecule has 0 aliphatic rings. The number of nitrogen functional groups attached to an aromatic ring is 1. The van der Waals surface area contributed by atoms with Crippen LogP contribution in [0.15, 0.2) is 23.1 Å². The van der Waals surface area contributed by atoms with Crippen LogP contribution < -0.4 is 5.73 Å². The smallest absolute Gasteiger partial charge is 0.339 e. The number of esters is 1. The number of anilines is 1. The second-order valence-electron chi connectivity index (χ2n) is 2.95. The Balaban J connectivity index is 2.70. The van der Waals surface area contributed by atoms with E-state index in [1.807, 2.05) is 0 Å². The monoisotopic (exact) mass is 269 g/mol. The molecule has 0 atom stereocenters. The summed E-state index contributed by atoms with van der Waals surface area (Å²) >= 11 is 3.30. The fraction of sp³-hybridized carbons (Fsp3) is 0.111. The lowest BCUT2D eigenvalue weighted by atomic mass is 10.2. The highest BCUT2D eigenvalue weighted by Crippen LogP contribution is 2.20. The lowest BCUT2D eigenvalue weighted by Crippen LogP contribution is -2.05. The van der Waals surface area contributed by atoms with E-state index in [1.54, 1.807) is 22.9 Å². The summed E-state index contributed by atoms with van der Waals surface area (Å²) in [5.41, 5.74) is 7.18. The average molecular weight is 270 g/mol. The third-order valence-electron chi connectivity index (χ3n) is 2.01. The maximum atomic E-state index is 11.3. The highest BCUT2D eigenvalue weighted by atomic mass is 79.9. The van der Waals surface area contributed by atoms with Gasteiger partial charge in [0.2, 0.25) is 0 Å². The van der Waals surface area contributed by atoms with Crippen molar-refractivity contribution in [2.45, 2.75) is 0 Å². The number of methoxy groups -OCH3 is 1. The fourth-order valence-electron chi connectivity index (χ4n) is 1.31. The van der Waals surface area contributed by atoms with Gasteiger partial charge in [-0.2, -0.15) is 0 Å². The topological polar surface area (TPSA) is 69.6 Å². The van der Waals surface area contributed by atoms with Crippen molar-refractivity contribution in [3.63, 3.8) is 0 Å². The summed E-state index contributed by atoms with van der Waals surface area (Å²) in [5.74, 6) is -0.427. The average Bonchev–Trinajstić information content (AvgIpc) is 2.60. The summed E-state index contributed by atoms with van der Waals surface area (Å²) in [6.07, 6.45) is 3.24. The maximum absolute atomic E-state index is 11.3. The number of fused-ring (bicyclic) bond motifs is 1. The van der Waals surface area contributed by atoms with Crippen molar-refractivity contribution < 1.29 is 9.53 Å². The van der Waals surface area contributed by atoms with Crippen LogP contribution in [0.4, 0.5) is 5.69 Å². The zero-order chi connectivity index (χ0) is 11.0. The van der Waals surface area contributed by atoms with Gasteiger partial charge < -0.3 is 10.5 Å². The maximum Gasteiger partial charge on any atom is 0.339 e. The van der Waals surface area contributed by atoms with Crippen LogP contribution in [0.5, 0.6) is 0 Å². The molecule has 0 saturated carbocycles. The molecule has 0 saturated heterocycles. The Bertz CT molecular complexity index is 535. The first-order chi connectivity index (χ1) is 7.13. The van der Waals surface area contributed by atoms with Crippen LogP contribution >= 0.6 is 15.9 Å². The molecule has 2 rings (SSSR count). The van der Waals surface area contributed by atoms with Crippen LogP contribution in [0.3, 0.4) is 0 Å². The van der Waals surface area contributed by atoms with Gasteiger partial charge in [-0.1, -0.05) is 0 Å². The molecule has 0 fully saturated rings. The van der Waals surface area contributed by atoms with Crippen molar-refractivity contribution in [3.8, 4) is 0 Å². The first kappa shape index (κ1) is 9.97. The van der Waals surface area contributed by atoms with Crippen molar-refractivity contribution in [1.82, 2.24) is 9.38 Å². The fourth-order valence-corrected chi connectivity index (χ4v) is 1.69. The predicted molar refractivity (Wildman–Crippen MR) is 58.6 cm³/mol. The molecule has 2 heterocycles. The SMILES string of the molecule is COC(=O)c1cc(N)c2ncc(Br)n2c1. The molecule has 0 aromatic carbocycles. The standard InChI is InChI=1S/C9H8BrN3O2/c1-15-9(14)5-2-6(11)8-12-3-7(10)13(8)4-5/h2-4H,11H2,1H3. The zero-order valence-electron chi connectivity index (χ0n) is 7.90. The van der Waals surface area contributed by atoms with E-state index in [-0.39, 0.29) is 0 Å². The van der Waals surface area contributed by atoms with E-state index in [2.05, 4.69) is 25.7 Å². The minimum atomic E-state index is -0.427. The molecule has 78 valence electrons. The van der Waals surface area contributed by atoms with Gasteiger partial charge in [-0.3, -0.25) is 4.40 Å². The van der Waals surface area contributed by atoms with Crippen LogP contribution in [0, 0.1) is 0 Å². The lowest BCUT2D eigenvalue weighted by molar-refractivity contribution is 0.0600. The van der Waals surface area contributed by atoms with Gasteiger partial charge in [0.15, 0.2) is 5.65 Å². The van der Waals surface area contributed by atoms with Crippen molar-refractivity contribution in [2.24, 2.45) is 0 Å². The Hall–Kier alpha value is -1.56. The molecule has 0 spiro atoms. The summed E-state index contributed by atoms with van der Waals surface area (Å²) < 4.78 is 7.03. The summed E-state index contributed by atoms with van der Waals surface area (Å²) in [6, 6.07) is 1.54. The minimum absolute atomic E-state index is 0.390. The highest BCUT2D eigenvalue weighted by molar-refractivity contribution is 9.10. The van der Waals surface area contributed by atoms with E-state index in [0.717, 1.165) is 4.60 Å². The number of ether oxygens (including phenoxy) is 1. The van der Waals surface area contributed by atoms with E-state index in [0.29, 0.717) is 16.9 Å². The Morgan fingerprint density at radius 3 is 3.07 bits per heavy atom. The molecule has 0 unspecified atom stereocenters. The third-order valence-corrected chi connectivity index (χ3v) is 2.60. The quantitative estimate of drug-likeness (QED) is 0.796. The Morgan fingerprint density at radius 2 is 2.40 bits per heavy atom. The summed E-state index contributed by atoms with van der Waals surface area (Å²) in [4.78, 5) is 15.4. The number of nitrogens with zero attached hydrogens (tertiary/aromatic N) is 2. The molecular formula is C9H8BrN3O2. The van der Waals surface area contributed by atoms with Crippen LogP contribution in [0.2, 0.25) is 0 Å². The molecule has 0 bridgehead atoms. The Labute approximate surface area is 94.0 Å². The van der Waals surface area contributed by atoms with E-state index in [9.17, 15) is 4.79 Å². The molecule has 0 amide bonds. The Kier molecular flexibility index (Phi) is 2.36. The van der Waals surface area contributed by atoms with E-state index in [1.165, 1.54) is 7.11 Å². The Morgan fingerprint density at radius 1 is 1.67 bits per heavy atom. The van der Waals surface area contributed by atoms with E-state index >= 15 is 0 Å². The van der Waals surface area contributed by atoms with Gasteiger partial charge in [0.1, 0.15) is 4.60 Å². The van der Waals surface area contributed by atoms with Gasteiger partial charge in [0.05, 0.1) is 24.6 Å². The molecule has 0 aliphatic carbocycles. The lowest BCUT2D eigenvalue weighted by Gasteiger charge is -2.03. The van der Waals surface area contributed by atoms with Gasteiger partial charge in [0.25, 0.3) is 0 Å². The summed E-state index contributed by atoms with van der Waals surface area (Å²) in [7, 11) is 1.33. The molecule has 2 aromatic heterocycles. The third kappa shape index (κ3) is 1.56. The second-order valence-corrected chi connectivity index (χ2v) is 3.76. The molecule has 2 N–H and O–H groups in total.